The summed E-state index contributed by atoms with van der Waals surface area (Å²) >= 11 is 0. The molecule has 2 atom stereocenters. The summed E-state index contributed by atoms with van der Waals surface area (Å²) in [6.07, 6.45) is 39.4. The molecule has 10 heteroatoms. The molecule has 0 aliphatic carbocycles. The summed E-state index contributed by atoms with van der Waals surface area (Å²) in [4.78, 5) is 33.7. The number of ether oxygens (including phenoxy) is 1. The van der Waals surface area contributed by atoms with Crippen LogP contribution in [0.4, 0.5) is 0 Å². The summed E-state index contributed by atoms with van der Waals surface area (Å²) in [7, 11) is -4.41. The molecule has 292 valence electrons. The molecule has 0 aliphatic rings. The van der Waals surface area contributed by atoms with Crippen molar-refractivity contribution < 1.29 is 37.9 Å². The molecular weight excluding hydrogens is 653 g/mol. The maximum atomic E-state index is 12.0. The second-order valence-corrected chi connectivity index (χ2v) is 14.7. The average molecular weight is 728 g/mol. The maximum Gasteiger partial charge on any atom is 0.472 e. The van der Waals surface area contributed by atoms with Crippen molar-refractivity contribution in [1.82, 2.24) is 5.32 Å². The van der Waals surface area contributed by atoms with Gasteiger partial charge < -0.3 is 20.1 Å². The summed E-state index contributed by atoms with van der Waals surface area (Å²) in [6, 6.07) is 0. The normalized spacial score (nSPS) is 13.8. The van der Waals surface area contributed by atoms with Crippen LogP contribution in [0.3, 0.4) is 0 Å². The summed E-state index contributed by atoms with van der Waals surface area (Å²) in [5.74, 6) is -0.533. The first kappa shape index (κ1) is 48.2. The lowest BCUT2D eigenvalue weighted by Gasteiger charge is -2.15. The molecule has 0 fully saturated rings. The van der Waals surface area contributed by atoms with Crippen molar-refractivity contribution in [1.29, 1.82) is 0 Å². The van der Waals surface area contributed by atoms with Crippen LogP contribution in [0.1, 0.15) is 174 Å². The number of aliphatic hydroxyl groups excluding tert-OH is 1. The molecule has 0 aromatic carbocycles. The zero-order valence-electron chi connectivity index (χ0n) is 31.8. The van der Waals surface area contributed by atoms with Crippen molar-refractivity contribution in [2.45, 2.75) is 180 Å². The van der Waals surface area contributed by atoms with Gasteiger partial charge in [-0.05, 0) is 64.2 Å². The van der Waals surface area contributed by atoms with Crippen LogP contribution in [0.5, 0.6) is 0 Å². The van der Waals surface area contributed by atoms with Crippen LogP contribution in [0.2, 0.25) is 0 Å². The van der Waals surface area contributed by atoms with Crippen molar-refractivity contribution in [3.05, 3.63) is 36.5 Å². The minimum absolute atomic E-state index is 0.0783. The van der Waals surface area contributed by atoms with Crippen LogP contribution in [-0.2, 0) is 27.9 Å². The van der Waals surface area contributed by atoms with Gasteiger partial charge in [0.2, 0.25) is 5.91 Å². The fourth-order valence-electron chi connectivity index (χ4n) is 5.24. The molecule has 0 spiro atoms. The molecule has 0 heterocycles. The summed E-state index contributed by atoms with van der Waals surface area (Å²) < 4.78 is 26.7. The van der Waals surface area contributed by atoms with Gasteiger partial charge in [-0.2, -0.15) is 0 Å². The summed E-state index contributed by atoms with van der Waals surface area (Å²) in [5, 5.41) is 12.6. The number of aliphatic hydroxyl groups is 1. The lowest BCUT2D eigenvalue weighted by molar-refractivity contribution is -0.147. The van der Waals surface area contributed by atoms with Crippen LogP contribution in [0, 0.1) is 0 Å². The standard InChI is InChI=1S/C40H74NO8P/c1-3-5-7-9-11-13-15-16-17-18-19-20-21-22-23-24-26-28-30-32-39(43)41-34-35-48-50(45,46)49-37-38(42)36-47-40(44)33-31-29-27-25-14-12-10-8-6-4-2/h8,10-11,13,16-17,38,42H,3-7,9,12,14-15,18-37H2,1-2H3,(H,41,43)(H,45,46)/b10-8-,13-11-,17-16-. The summed E-state index contributed by atoms with van der Waals surface area (Å²) in [5.41, 5.74) is 0. The van der Waals surface area contributed by atoms with Gasteiger partial charge in [-0.3, -0.25) is 18.6 Å². The van der Waals surface area contributed by atoms with Crippen LogP contribution in [0.25, 0.3) is 0 Å². The van der Waals surface area contributed by atoms with Gasteiger partial charge in [0.1, 0.15) is 12.7 Å². The summed E-state index contributed by atoms with van der Waals surface area (Å²) in [6.45, 7) is 3.44. The van der Waals surface area contributed by atoms with Crippen LogP contribution in [0.15, 0.2) is 36.5 Å². The van der Waals surface area contributed by atoms with E-state index in [1.54, 1.807) is 0 Å². The first-order valence-electron chi connectivity index (χ1n) is 20.0. The fourth-order valence-corrected chi connectivity index (χ4v) is 5.99. The van der Waals surface area contributed by atoms with Crippen molar-refractivity contribution >= 4 is 19.7 Å². The molecule has 0 saturated heterocycles. The Balaban J connectivity index is 3.60. The van der Waals surface area contributed by atoms with Crippen molar-refractivity contribution in [3.63, 3.8) is 0 Å². The molecule has 0 aromatic rings. The number of nitrogens with one attached hydrogen (secondary N) is 1. The third-order valence-electron chi connectivity index (χ3n) is 8.27. The molecule has 9 nitrogen and oxygen atoms in total. The Labute approximate surface area is 305 Å². The monoisotopic (exact) mass is 728 g/mol. The molecule has 0 rings (SSSR count). The highest BCUT2D eigenvalue weighted by Crippen LogP contribution is 2.42. The largest absolute Gasteiger partial charge is 0.472 e. The molecule has 2 unspecified atom stereocenters. The Kier molecular flexibility index (Phi) is 35.7. The number of hydrogen-bond acceptors (Lipinski definition) is 7. The Morgan fingerprint density at radius 3 is 1.70 bits per heavy atom. The number of rotatable bonds is 37. The minimum Gasteiger partial charge on any atom is -0.463 e. The second kappa shape index (κ2) is 37.0. The van der Waals surface area contributed by atoms with Gasteiger partial charge in [-0.25, -0.2) is 4.57 Å². The Morgan fingerprint density at radius 2 is 1.12 bits per heavy atom. The van der Waals surface area contributed by atoms with E-state index < -0.39 is 26.5 Å². The molecule has 50 heavy (non-hydrogen) atoms. The predicted octanol–water partition coefficient (Wildman–Crippen LogP) is 10.6. The lowest BCUT2D eigenvalue weighted by Crippen LogP contribution is -2.27. The van der Waals surface area contributed by atoms with Gasteiger partial charge in [0.15, 0.2) is 0 Å². The highest BCUT2D eigenvalue weighted by molar-refractivity contribution is 7.47. The Hall–Kier alpha value is -1.77. The Bertz CT molecular complexity index is 923. The van der Waals surface area contributed by atoms with Gasteiger partial charge in [0.05, 0.1) is 13.2 Å². The number of esters is 1. The lowest BCUT2D eigenvalue weighted by atomic mass is 10.1. The quantitative estimate of drug-likeness (QED) is 0.0249. The van der Waals surface area contributed by atoms with Crippen molar-refractivity contribution in [2.24, 2.45) is 0 Å². The van der Waals surface area contributed by atoms with E-state index in [0.717, 1.165) is 70.6 Å². The van der Waals surface area contributed by atoms with E-state index in [9.17, 15) is 24.2 Å². The molecule has 0 radical (unpaired) electrons. The van der Waals surface area contributed by atoms with Crippen molar-refractivity contribution in [3.8, 4) is 0 Å². The zero-order chi connectivity index (χ0) is 36.8. The number of carbonyl (C=O) groups excluding carboxylic acids is 2. The molecule has 0 aromatic heterocycles. The molecule has 0 bridgehead atoms. The molecule has 0 saturated carbocycles. The minimum atomic E-state index is -4.41. The maximum absolute atomic E-state index is 12.0. The predicted molar refractivity (Wildman–Crippen MR) is 206 cm³/mol. The van der Waals surface area contributed by atoms with E-state index in [-0.39, 0.29) is 32.1 Å². The number of amides is 1. The fraction of sp³-hybridized carbons (Fsp3) is 0.800. The third kappa shape index (κ3) is 37.5. The van der Waals surface area contributed by atoms with Crippen molar-refractivity contribution in [2.75, 3.05) is 26.4 Å². The van der Waals surface area contributed by atoms with Gasteiger partial charge in [-0.1, -0.05) is 134 Å². The number of allylic oxidation sites excluding steroid dienone is 6. The number of carbonyl (C=O) groups is 2. The van der Waals surface area contributed by atoms with E-state index in [1.165, 1.54) is 77.0 Å². The zero-order valence-corrected chi connectivity index (χ0v) is 32.7. The third-order valence-corrected chi connectivity index (χ3v) is 9.26. The number of hydrogen-bond donors (Lipinski definition) is 3. The van der Waals surface area contributed by atoms with Gasteiger partial charge in [0, 0.05) is 19.4 Å². The highest BCUT2D eigenvalue weighted by Gasteiger charge is 2.23. The highest BCUT2D eigenvalue weighted by atomic mass is 31.2. The topological polar surface area (TPSA) is 131 Å². The van der Waals surface area contributed by atoms with Gasteiger partial charge in [0.25, 0.3) is 0 Å². The smallest absolute Gasteiger partial charge is 0.463 e. The molecule has 0 aliphatic heterocycles. The second-order valence-electron chi connectivity index (χ2n) is 13.2. The van der Waals surface area contributed by atoms with E-state index >= 15 is 0 Å². The SMILES string of the molecule is CCC/C=C\CCCCCCCC(=O)OCC(O)COP(=O)(O)OCCNC(=O)CCCCCCCCCCC/C=C\C/C=C\CCCCC. The Morgan fingerprint density at radius 1 is 0.620 bits per heavy atom. The van der Waals surface area contributed by atoms with Gasteiger partial charge in [-0.15, -0.1) is 0 Å². The van der Waals surface area contributed by atoms with E-state index in [0.29, 0.717) is 6.42 Å². The first-order chi connectivity index (χ1) is 24.3. The number of phosphoric ester groups is 1. The van der Waals surface area contributed by atoms with E-state index in [4.69, 9.17) is 13.8 Å². The molecule has 3 N–H and O–H groups in total. The molecular formula is C40H74NO8P. The number of unbranched alkanes of at least 4 members (excludes halogenated alkanes) is 18. The first-order valence-corrected chi connectivity index (χ1v) is 21.5. The van der Waals surface area contributed by atoms with Crippen LogP contribution in [-0.4, -0.2) is 54.3 Å². The van der Waals surface area contributed by atoms with Crippen LogP contribution >= 0.6 is 7.82 Å². The van der Waals surface area contributed by atoms with Gasteiger partial charge >= 0.3 is 13.8 Å². The van der Waals surface area contributed by atoms with E-state index in [1.807, 2.05) is 0 Å². The van der Waals surface area contributed by atoms with E-state index in [2.05, 4.69) is 55.6 Å². The van der Waals surface area contributed by atoms with Crippen LogP contribution < -0.4 is 5.32 Å². The molecule has 1 amide bonds. The number of phosphoric acid groups is 1. The average Bonchev–Trinajstić information content (AvgIpc) is 3.10.